The van der Waals surface area contributed by atoms with Crippen molar-refractivity contribution in [3.05, 3.63) is 47.5 Å². The Morgan fingerprint density at radius 1 is 0.704 bits per heavy atom. The van der Waals surface area contributed by atoms with Gasteiger partial charge in [-0.2, -0.15) is 16.8 Å². The second-order valence-electron chi connectivity index (χ2n) is 4.98. The first kappa shape index (κ1) is 23.2. The molecule has 0 atom stereocenters. The van der Waals surface area contributed by atoms with Crippen LogP contribution in [-0.2, 0) is 20.2 Å². The van der Waals surface area contributed by atoms with Gasteiger partial charge in [-0.05, 0) is 35.4 Å². The Bertz CT molecular complexity index is 1050. The zero-order valence-corrected chi connectivity index (χ0v) is 17.2. The average Bonchev–Trinajstić information content (AvgIpc) is 2.51. The first-order chi connectivity index (χ1) is 11.8. The van der Waals surface area contributed by atoms with Crippen molar-refractivity contribution in [1.82, 2.24) is 0 Å². The summed E-state index contributed by atoms with van der Waals surface area (Å²) < 4.78 is 63.9. The molecule has 0 aliphatic heterocycles. The molecular weight excluding hydrogens is 415 g/mol. The van der Waals surface area contributed by atoms with E-state index in [9.17, 15) is 35.5 Å². The molecule has 2 aromatic rings. The maximum atomic E-state index is 11.4. The molecule has 0 aromatic heterocycles. The first-order valence-electron chi connectivity index (χ1n) is 6.52. The minimum atomic E-state index is -4.91. The Morgan fingerprint density at radius 3 is 1.22 bits per heavy atom. The summed E-state index contributed by atoms with van der Waals surface area (Å²) in [5.41, 5.74) is -1.50. The standard InChI is InChI=1S/C14H10O10S2.Na.H/c15-13(16)9-3-1-7(5-11(9)25(19,20)21)8-2-4-10(14(17)18)12(6-8)26(22,23)24;;/h1-6H,(H,15,16)(H,17,18)(H,19,20,21)(H,22,23,24);;/q;+1;-1. The van der Waals surface area contributed by atoms with Crippen LogP contribution in [0, 0.1) is 0 Å². The van der Waals surface area contributed by atoms with Gasteiger partial charge in [-0.25, -0.2) is 9.59 Å². The third-order valence-electron chi connectivity index (χ3n) is 3.31. The molecule has 0 aliphatic carbocycles. The number of benzene rings is 2. The molecule has 13 heteroatoms. The van der Waals surface area contributed by atoms with E-state index in [4.69, 9.17) is 10.2 Å². The third kappa shape index (κ3) is 5.13. The molecule has 27 heavy (non-hydrogen) atoms. The predicted octanol–water partition coefficient (Wildman–Crippen LogP) is -1.64. The minimum Gasteiger partial charge on any atom is -1.00 e. The molecule has 0 fully saturated rings. The van der Waals surface area contributed by atoms with Crippen LogP contribution in [0.15, 0.2) is 46.2 Å². The average molecular weight is 426 g/mol. The number of carboxylic acids is 2. The maximum Gasteiger partial charge on any atom is 1.00 e. The van der Waals surface area contributed by atoms with Crippen molar-refractivity contribution in [3.63, 3.8) is 0 Å². The van der Waals surface area contributed by atoms with Crippen LogP contribution in [-0.4, -0.2) is 48.1 Å². The monoisotopic (exact) mass is 426 g/mol. The Morgan fingerprint density at radius 2 is 1.00 bits per heavy atom. The van der Waals surface area contributed by atoms with E-state index in [2.05, 4.69) is 0 Å². The van der Waals surface area contributed by atoms with Crippen LogP contribution in [0.1, 0.15) is 22.1 Å². The van der Waals surface area contributed by atoms with E-state index >= 15 is 0 Å². The molecule has 0 aliphatic rings. The fourth-order valence-corrected chi connectivity index (χ4v) is 3.60. The SMILES string of the molecule is O=C(O)c1ccc(-c2ccc(C(=O)O)c(S(=O)(=O)O)c2)cc1S(=O)(=O)O.[H-].[Na+]. The van der Waals surface area contributed by atoms with Crippen molar-refractivity contribution >= 4 is 32.2 Å². The fraction of sp³-hybridized carbons (Fsp3) is 0. The van der Waals surface area contributed by atoms with Crippen LogP contribution in [0.3, 0.4) is 0 Å². The van der Waals surface area contributed by atoms with Gasteiger partial charge in [-0.3, -0.25) is 9.11 Å². The number of hydrogen-bond acceptors (Lipinski definition) is 6. The molecule has 0 bridgehead atoms. The van der Waals surface area contributed by atoms with E-state index < -0.39 is 53.1 Å². The van der Waals surface area contributed by atoms with E-state index in [1.807, 2.05) is 0 Å². The van der Waals surface area contributed by atoms with Crippen molar-refractivity contribution < 1.29 is 76.7 Å². The Labute approximate surface area is 176 Å². The summed E-state index contributed by atoms with van der Waals surface area (Å²) in [5.74, 6) is -3.24. The predicted molar refractivity (Wildman–Crippen MR) is 86.5 cm³/mol. The van der Waals surface area contributed by atoms with Crippen LogP contribution in [0.4, 0.5) is 0 Å². The summed E-state index contributed by atoms with van der Waals surface area (Å²) in [5, 5.41) is 18.0. The molecule has 2 rings (SSSR count). The molecule has 2 aromatic carbocycles. The summed E-state index contributed by atoms with van der Waals surface area (Å²) in [6, 6.07) is 5.56. The van der Waals surface area contributed by atoms with Crippen LogP contribution in [0.2, 0.25) is 0 Å². The minimum absolute atomic E-state index is 0. The van der Waals surface area contributed by atoms with Gasteiger partial charge in [0.15, 0.2) is 0 Å². The van der Waals surface area contributed by atoms with Crippen molar-refractivity contribution in [3.8, 4) is 11.1 Å². The van der Waals surface area contributed by atoms with Crippen LogP contribution >= 0.6 is 0 Å². The molecular formula is C14H11NaO10S2. The van der Waals surface area contributed by atoms with Crippen LogP contribution in [0.5, 0.6) is 0 Å². The summed E-state index contributed by atoms with van der Waals surface area (Å²) in [4.78, 5) is 20.3. The van der Waals surface area contributed by atoms with E-state index in [-0.39, 0.29) is 42.1 Å². The molecule has 4 N–H and O–H groups in total. The summed E-state index contributed by atoms with van der Waals surface area (Å²) in [6.45, 7) is 0. The third-order valence-corrected chi connectivity index (χ3v) is 5.10. The number of carbonyl (C=O) groups is 2. The fourth-order valence-electron chi connectivity index (χ4n) is 2.18. The second-order valence-corrected chi connectivity index (χ2v) is 7.76. The second kappa shape index (κ2) is 8.06. The number of rotatable bonds is 5. The van der Waals surface area contributed by atoms with Gasteiger partial charge in [0.25, 0.3) is 20.2 Å². The maximum absolute atomic E-state index is 11.4. The van der Waals surface area contributed by atoms with Gasteiger partial charge >= 0.3 is 41.5 Å². The van der Waals surface area contributed by atoms with Crippen molar-refractivity contribution in [2.45, 2.75) is 9.79 Å². The quantitative estimate of drug-likeness (QED) is 0.319. The van der Waals surface area contributed by atoms with Gasteiger partial charge in [0.1, 0.15) is 9.79 Å². The largest absolute Gasteiger partial charge is 1.00 e. The van der Waals surface area contributed by atoms with E-state index in [1.165, 1.54) is 0 Å². The molecule has 140 valence electrons. The van der Waals surface area contributed by atoms with E-state index in [0.717, 1.165) is 36.4 Å². The summed E-state index contributed by atoms with van der Waals surface area (Å²) in [7, 11) is -9.82. The molecule has 0 amide bonds. The summed E-state index contributed by atoms with van der Waals surface area (Å²) in [6.07, 6.45) is 0. The zero-order chi connectivity index (χ0) is 19.9. The Hall–Kier alpha value is -1.80. The first-order valence-corrected chi connectivity index (χ1v) is 9.40. The summed E-state index contributed by atoms with van der Waals surface area (Å²) >= 11 is 0. The Balaban J connectivity index is 0.00000364. The Kier molecular flexibility index (Phi) is 6.94. The molecule has 0 unspecified atom stereocenters. The topological polar surface area (TPSA) is 183 Å². The van der Waals surface area contributed by atoms with Crippen LogP contribution < -0.4 is 29.6 Å². The van der Waals surface area contributed by atoms with Crippen molar-refractivity contribution in [2.75, 3.05) is 0 Å². The van der Waals surface area contributed by atoms with Gasteiger partial charge < -0.3 is 11.6 Å². The zero-order valence-electron chi connectivity index (χ0n) is 14.5. The molecule has 0 heterocycles. The van der Waals surface area contributed by atoms with Gasteiger partial charge in [0.05, 0.1) is 11.1 Å². The van der Waals surface area contributed by atoms with Crippen LogP contribution in [0.25, 0.3) is 11.1 Å². The van der Waals surface area contributed by atoms with E-state index in [1.54, 1.807) is 0 Å². The number of hydrogen-bond donors (Lipinski definition) is 4. The smallest absolute Gasteiger partial charge is 1.00 e. The van der Waals surface area contributed by atoms with Gasteiger partial charge in [-0.1, -0.05) is 12.1 Å². The van der Waals surface area contributed by atoms with E-state index in [0.29, 0.717) is 0 Å². The number of aromatic carboxylic acids is 2. The molecule has 0 saturated carbocycles. The van der Waals surface area contributed by atoms with Gasteiger partial charge in [-0.15, -0.1) is 0 Å². The normalized spacial score (nSPS) is 11.5. The van der Waals surface area contributed by atoms with Gasteiger partial charge in [0, 0.05) is 0 Å². The molecule has 10 nitrogen and oxygen atoms in total. The molecule has 0 radical (unpaired) electrons. The van der Waals surface area contributed by atoms with Crippen molar-refractivity contribution in [2.24, 2.45) is 0 Å². The van der Waals surface area contributed by atoms with Gasteiger partial charge in [0.2, 0.25) is 0 Å². The molecule has 0 spiro atoms. The van der Waals surface area contributed by atoms with Crippen molar-refractivity contribution in [1.29, 1.82) is 0 Å². The molecule has 0 saturated heterocycles. The number of carboxylic acid groups (broad SMARTS) is 2.